The van der Waals surface area contributed by atoms with Crippen LogP contribution in [0.4, 0.5) is 0 Å². The van der Waals surface area contributed by atoms with Gasteiger partial charge in [-0.3, -0.25) is 9.59 Å². The average molecular weight is 244 g/mol. The lowest BCUT2D eigenvalue weighted by atomic mass is 10.3. The van der Waals surface area contributed by atoms with Gasteiger partial charge in [0.2, 0.25) is 0 Å². The summed E-state index contributed by atoms with van der Waals surface area (Å²) in [6.07, 6.45) is 3.35. The molecule has 0 spiro atoms. The van der Waals surface area contributed by atoms with Crippen molar-refractivity contribution in [1.29, 1.82) is 0 Å². The standard InChI is InChI=1S/C14H12O4/c1-9(15)13-7-5-11(17-13)3-4-12-6-8-14(18-12)10(2)16/h3-8H,1-2H3/b4-3+. The Bertz CT molecular complexity index is 559. The molecule has 2 rings (SSSR count). The van der Waals surface area contributed by atoms with E-state index in [0.717, 1.165) is 0 Å². The van der Waals surface area contributed by atoms with Crippen molar-refractivity contribution < 1.29 is 18.4 Å². The van der Waals surface area contributed by atoms with Crippen LogP contribution >= 0.6 is 0 Å². The molecule has 92 valence electrons. The highest BCUT2D eigenvalue weighted by Gasteiger charge is 2.05. The monoisotopic (exact) mass is 244 g/mol. The maximum Gasteiger partial charge on any atom is 0.194 e. The number of carbonyl (C=O) groups excluding carboxylic acids is 2. The first kappa shape index (κ1) is 12.1. The molecule has 0 fully saturated rings. The summed E-state index contributed by atoms with van der Waals surface area (Å²) < 4.78 is 10.6. The Hall–Kier alpha value is -2.36. The molecule has 0 radical (unpaired) electrons. The Labute approximate surface area is 104 Å². The third-order valence-corrected chi connectivity index (χ3v) is 2.36. The van der Waals surface area contributed by atoms with E-state index in [4.69, 9.17) is 8.83 Å². The minimum absolute atomic E-state index is 0.119. The molecule has 0 aromatic carbocycles. The molecule has 4 heteroatoms. The van der Waals surface area contributed by atoms with Crippen LogP contribution in [0.5, 0.6) is 0 Å². The fourth-order valence-corrected chi connectivity index (χ4v) is 1.43. The Morgan fingerprint density at radius 3 is 1.50 bits per heavy atom. The van der Waals surface area contributed by atoms with Crippen molar-refractivity contribution in [2.45, 2.75) is 13.8 Å². The van der Waals surface area contributed by atoms with Gasteiger partial charge in [-0.2, -0.15) is 0 Å². The molecule has 0 aliphatic rings. The number of hydrogen-bond donors (Lipinski definition) is 0. The maximum atomic E-state index is 11.0. The molecule has 0 unspecified atom stereocenters. The van der Waals surface area contributed by atoms with Crippen LogP contribution < -0.4 is 0 Å². The summed E-state index contributed by atoms with van der Waals surface area (Å²) in [5.41, 5.74) is 0. The molecule has 18 heavy (non-hydrogen) atoms. The first-order chi connectivity index (χ1) is 8.56. The third-order valence-electron chi connectivity index (χ3n) is 2.36. The van der Waals surface area contributed by atoms with Gasteiger partial charge in [0.15, 0.2) is 23.1 Å². The van der Waals surface area contributed by atoms with Gasteiger partial charge in [0, 0.05) is 13.8 Å². The van der Waals surface area contributed by atoms with Gasteiger partial charge >= 0.3 is 0 Å². The second-order valence-corrected chi connectivity index (χ2v) is 3.85. The van der Waals surface area contributed by atoms with Crippen LogP contribution in [0.3, 0.4) is 0 Å². The number of ketones is 2. The minimum Gasteiger partial charge on any atom is -0.454 e. The van der Waals surface area contributed by atoms with Crippen molar-refractivity contribution in [2.75, 3.05) is 0 Å². The lowest BCUT2D eigenvalue weighted by molar-refractivity contribution is 0.0979. The molecular formula is C14H12O4. The number of hydrogen-bond acceptors (Lipinski definition) is 4. The Kier molecular flexibility index (Phi) is 3.28. The van der Waals surface area contributed by atoms with Crippen molar-refractivity contribution >= 4 is 23.7 Å². The quantitative estimate of drug-likeness (QED) is 0.773. The van der Waals surface area contributed by atoms with Crippen molar-refractivity contribution in [3.63, 3.8) is 0 Å². The summed E-state index contributed by atoms with van der Waals surface area (Å²) >= 11 is 0. The van der Waals surface area contributed by atoms with E-state index in [9.17, 15) is 9.59 Å². The minimum atomic E-state index is -0.119. The van der Waals surface area contributed by atoms with Crippen LogP contribution in [-0.2, 0) is 0 Å². The first-order valence-corrected chi connectivity index (χ1v) is 5.46. The summed E-state index contributed by atoms with van der Waals surface area (Å²) in [6, 6.07) is 6.63. The maximum absolute atomic E-state index is 11.0. The molecular weight excluding hydrogens is 232 g/mol. The molecule has 0 saturated heterocycles. The Morgan fingerprint density at radius 1 is 0.833 bits per heavy atom. The van der Waals surface area contributed by atoms with Crippen molar-refractivity contribution in [2.24, 2.45) is 0 Å². The van der Waals surface area contributed by atoms with Gasteiger partial charge in [-0.25, -0.2) is 0 Å². The average Bonchev–Trinajstić information content (AvgIpc) is 2.95. The van der Waals surface area contributed by atoms with E-state index in [1.165, 1.54) is 13.8 Å². The molecule has 0 saturated carbocycles. The smallest absolute Gasteiger partial charge is 0.194 e. The van der Waals surface area contributed by atoms with Crippen LogP contribution in [0, 0.1) is 0 Å². The summed E-state index contributed by atoms with van der Waals surface area (Å²) in [5.74, 6) is 1.51. The molecule has 0 N–H and O–H groups in total. The van der Waals surface area contributed by atoms with Crippen LogP contribution in [0.15, 0.2) is 33.1 Å². The molecule has 0 bridgehead atoms. The van der Waals surface area contributed by atoms with Crippen molar-refractivity contribution in [3.05, 3.63) is 47.3 Å². The number of rotatable bonds is 4. The summed E-state index contributed by atoms with van der Waals surface area (Å²) in [7, 11) is 0. The van der Waals surface area contributed by atoms with Gasteiger partial charge in [-0.05, 0) is 36.4 Å². The zero-order valence-corrected chi connectivity index (χ0v) is 10.1. The zero-order chi connectivity index (χ0) is 13.1. The predicted octanol–water partition coefficient (Wildman–Crippen LogP) is 3.45. The highest BCUT2D eigenvalue weighted by molar-refractivity contribution is 5.92. The van der Waals surface area contributed by atoms with Gasteiger partial charge < -0.3 is 8.83 Å². The highest BCUT2D eigenvalue weighted by Crippen LogP contribution is 2.15. The van der Waals surface area contributed by atoms with Crippen LogP contribution in [0.2, 0.25) is 0 Å². The first-order valence-electron chi connectivity index (χ1n) is 5.46. The summed E-state index contributed by atoms with van der Waals surface area (Å²) in [6.45, 7) is 2.88. The lowest BCUT2D eigenvalue weighted by Gasteiger charge is -1.88. The number of Topliss-reactive ketones (excluding diaryl/α,β-unsaturated/α-hetero) is 2. The second-order valence-electron chi connectivity index (χ2n) is 3.85. The van der Waals surface area contributed by atoms with Crippen LogP contribution in [-0.4, -0.2) is 11.6 Å². The molecule has 2 heterocycles. The lowest BCUT2D eigenvalue weighted by Crippen LogP contribution is -1.86. The van der Waals surface area contributed by atoms with Crippen molar-refractivity contribution in [1.82, 2.24) is 0 Å². The van der Waals surface area contributed by atoms with E-state index in [-0.39, 0.29) is 11.6 Å². The topological polar surface area (TPSA) is 60.4 Å². The molecule has 0 aliphatic heterocycles. The van der Waals surface area contributed by atoms with Gasteiger partial charge in [-0.15, -0.1) is 0 Å². The van der Waals surface area contributed by atoms with Gasteiger partial charge in [0.25, 0.3) is 0 Å². The molecule has 0 atom stereocenters. The molecule has 4 nitrogen and oxygen atoms in total. The zero-order valence-electron chi connectivity index (χ0n) is 10.1. The molecule has 2 aromatic heterocycles. The van der Waals surface area contributed by atoms with Crippen molar-refractivity contribution in [3.8, 4) is 0 Å². The van der Waals surface area contributed by atoms with Gasteiger partial charge in [-0.1, -0.05) is 0 Å². The van der Waals surface area contributed by atoms with Crippen LogP contribution in [0.1, 0.15) is 46.5 Å². The highest BCUT2D eigenvalue weighted by atomic mass is 16.4. The van der Waals surface area contributed by atoms with E-state index >= 15 is 0 Å². The summed E-state index contributed by atoms with van der Waals surface area (Å²) in [4.78, 5) is 22.1. The van der Waals surface area contributed by atoms with Gasteiger partial charge in [0.05, 0.1) is 0 Å². The molecule has 0 aliphatic carbocycles. The second kappa shape index (κ2) is 4.87. The van der Waals surface area contributed by atoms with Crippen LogP contribution in [0.25, 0.3) is 12.2 Å². The number of carbonyl (C=O) groups is 2. The fourth-order valence-electron chi connectivity index (χ4n) is 1.43. The molecule has 2 aromatic rings. The fraction of sp³-hybridized carbons (Fsp3) is 0.143. The third kappa shape index (κ3) is 2.66. The Balaban J connectivity index is 2.13. The molecule has 0 amide bonds. The van der Waals surface area contributed by atoms with Gasteiger partial charge in [0.1, 0.15) is 11.5 Å². The van der Waals surface area contributed by atoms with E-state index in [1.54, 1.807) is 36.4 Å². The van der Waals surface area contributed by atoms with E-state index in [1.807, 2.05) is 0 Å². The summed E-state index contributed by atoms with van der Waals surface area (Å²) in [5, 5.41) is 0. The number of furan rings is 2. The normalized spacial score (nSPS) is 11.0. The van der Waals surface area contributed by atoms with E-state index in [2.05, 4.69) is 0 Å². The van der Waals surface area contributed by atoms with E-state index < -0.39 is 0 Å². The predicted molar refractivity (Wildman–Crippen MR) is 66.4 cm³/mol. The largest absolute Gasteiger partial charge is 0.454 e. The Morgan fingerprint density at radius 2 is 1.22 bits per heavy atom. The SMILES string of the molecule is CC(=O)c1ccc(/C=C/c2ccc(C(C)=O)o2)o1. The van der Waals surface area contributed by atoms with E-state index in [0.29, 0.717) is 23.0 Å².